The molecule has 4 aliphatic carbocycles. The van der Waals surface area contributed by atoms with Crippen molar-refractivity contribution in [3.63, 3.8) is 0 Å². The van der Waals surface area contributed by atoms with Gasteiger partial charge in [0.1, 0.15) is 0 Å². The van der Waals surface area contributed by atoms with Crippen molar-refractivity contribution < 1.29 is 15.3 Å². The van der Waals surface area contributed by atoms with E-state index >= 15 is 0 Å². The molecule has 0 radical (unpaired) electrons. The zero-order valence-electron chi connectivity index (χ0n) is 15.2. The molecule has 0 aromatic heterocycles. The maximum Gasteiger partial charge on any atom is 0.0661 e. The van der Waals surface area contributed by atoms with Crippen LogP contribution in [0.25, 0.3) is 0 Å². The second-order valence-electron chi connectivity index (χ2n) is 9.32. The van der Waals surface area contributed by atoms with Crippen molar-refractivity contribution in [2.45, 2.75) is 77.6 Å². The van der Waals surface area contributed by atoms with Crippen molar-refractivity contribution in [1.82, 2.24) is 0 Å². The lowest BCUT2D eigenvalue weighted by Gasteiger charge is -2.56. The molecule has 3 heteroatoms. The van der Waals surface area contributed by atoms with Crippen LogP contribution in [0, 0.1) is 28.6 Å². The van der Waals surface area contributed by atoms with Gasteiger partial charge in [0.05, 0.1) is 18.3 Å². The third-order valence-electron chi connectivity index (χ3n) is 8.30. The highest BCUT2D eigenvalue weighted by atomic mass is 16.3. The highest BCUT2D eigenvalue weighted by molar-refractivity contribution is 5.40. The van der Waals surface area contributed by atoms with Gasteiger partial charge in [-0.1, -0.05) is 37.1 Å². The third kappa shape index (κ3) is 2.07. The Kier molecular flexibility index (Phi) is 3.80. The number of hydrogen-bond donors (Lipinski definition) is 3. The first-order chi connectivity index (χ1) is 11.3. The minimum Gasteiger partial charge on any atom is -0.393 e. The summed E-state index contributed by atoms with van der Waals surface area (Å²) in [6, 6.07) is 0. The van der Waals surface area contributed by atoms with E-state index in [9.17, 15) is 15.3 Å². The number of allylic oxidation sites excluding steroid dienone is 3. The van der Waals surface area contributed by atoms with Crippen molar-refractivity contribution in [3.8, 4) is 0 Å². The maximum absolute atomic E-state index is 10.8. The van der Waals surface area contributed by atoms with Gasteiger partial charge in [0.25, 0.3) is 0 Å². The van der Waals surface area contributed by atoms with Gasteiger partial charge in [-0.25, -0.2) is 0 Å². The molecule has 0 bridgehead atoms. The molecule has 0 aliphatic heterocycles. The number of aliphatic hydroxyl groups is 3. The fraction of sp³-hybridized carbons (Fsp3) is 0.810. The van der Waals surface area contributed by atoms with Crippen LogP contribution in [0.1, 0.15) is 59.3 Å². The van der Waals surface area contributed by atoms with Crippen LogP contribution < -0.4 is 0 Å². The summed E-state index contributed by atoms with van der Waals surface area (Å²) in [6.45, 7) is 6.55. The Morgan fingerprint density at radius 2 is 1.83 bits per heavy atom. The Balaban J connectivity index is 1.73. The zero-order chi connectivity index (χ0) is 17.3. The molecule has 3 nitrogen and oxygen atoms in total. The van der Waals surface area contributed by atoms with Crippen LogP contribution in [0.5, 0.6) is 0 Å². The average molecular weight is 332 g/mol. The fourth-order valence-corrected chi connectivity index (χ4v) is 6.88. The van der Waals surface area contributed by atoms with Gasteiger partial charge in [0.2, 0.25) is 0 Å². The molecule has 3 fully saturated rings. The van der Waals surface area contributed by atoms with E-state index in [0.29, 0.717) is 30.6 Å². The number of fused-ring (bicyclic) bond motifs is 5. The molecule has 3 saturated carbocycles. The fourth-order valence-electron chi connectivity index (χ4n) is 6.88. The minimum absolute atomic E-state index is 0.192. The Labute approximate surface area is 145 Å². The predicted octanol–water partition coefficient (Wildman–Crippen LogP) is 3.20. The normalized spacial score (nSPS) is 51.8. The lowest BCUT2D eigenvalue weighted by molar-refractivity contribution is -0.0576. The summed E-state index contributed by atoms with van der Waals surface area (Å²) < 4.78 is 0. The molecular weight excluding hydrogens is 300 g/mol. The summed E-state index contributed by atoms with van der Waals surface area (Å²) in [7, 11) is 0. The van der Waals surface area contributed by atoms with Crippen LogP contribution in [-0.4, -0.2) is 33.6 Å². The molecule has 4 aliphatic rings. The summed E-state index contributed by atoms with van der Waals surface area (Å²) in [4.78, 5) is 0. The van der Waals surface area contributed by atoms with Gasteiger partial charge in [0.15, 0.2) is 0 Å². The first-order valence-electron chi connectivity index (χ1n) is 9.73. The van der Waals surface area contributed by atoms with E-state index in [-0.39, 0.29) is 16.9 Å². The minimum atomic E-state index is -0.459. The Morgan fingerprint density at radius 3 is 2.54 bits per heavy atom. The summed E-state index contributed by atoms with van der Waals surface area (Å²) in [5.41, 5.74) is 2.72. The third-order valence-corrected chi connectivity index (χ3v) is 8.30. The number of hydrogen-bond acceptors (Lipinski definition) is 3. The molecule has 24 heavy (non-hydrogen) atoms. The van der Waals surface area contributed by atoms with E-state index in [1.165, 1.54) is 11.1 Å². The molecule has 3 N–H and O–H groups in total. The van der Waals surface area contributed by atoms with Crippen molar-refractivity contribution in [2.75, 3.05) is 0 Å². The second-order valence-corrected chi connectivity index (χ2v) is 9.32. The second kappa shape index (κ2) is 5.43. The Morgan fingerprint density at radius 1 is 1.08 bits per heavy atom. The van der Waals surface area contributed by atoms with Crippen molar-refractivity contribution in [2.24, 2.45) is 28.6 Å². The smallest absolute Gasteiger partial charge is 0.0661 e. The van der Waals surface area contributed by atoms with Gasteiger partial charge in [-0.15, -0.1) is 0 Å². The molecule has 0 saturated heterocycles. The van der Waals surface area contributed by atoms with E-state index in [1.54, 1.807) is 0 Å². The van der Waals surface area contributed by atoms with Gasteiger partial charge in [-0.05, 0) is 62.2 Å². The molecule has 0 amide bonds. The van der Waals surface area contributed by atoms with Crippen LogP contribution in [0.4, 0.5) is 0 Å². The first kappa shape index (κ1) is 16.8. The molecule has 1 unspecified atom stereocenters. The van der Waals surface area contributed by atoms with E-state index < -0.39 is 12.2 Å². The van der Waals surface area contributed by atoms with Crippen molar-refractivity contribution in [1.29, 1.82) is 0 Å². The SMILES string of the molecule is CC(O)[C@H]1CC[C@H]2C3=CC=C4C[C@@H](O)C[C@H](O)[C@]4(C)[C@H]3CC[C@]12C. The zero-order valence-corrected chi connectivity index (χ0v) is 15.2. The lowest BCUT2D eigenvalue weighted by Crippen LogP contribution is -2.52. The number of aliphatic hydroxyl groups excluding tert-OH is 3. The first-order valence-corrected chi connectivity index (χ1v) is 9.73. The Bertz CT molecular complexity index is 592. The van der Waals surface area contributed by atoms with Crippen LogP contribution in [0.2, 0.25) is 0 Å². The molecule has 4 rings (SSSR count). The summed E-state index contributed by atoms with van der Waals surface area (Å²) in [5.74, 6) is 1.32. The molecule has 8 atom stereocenters. The van der Waals surface area contributed by atoms with Crippen LogP contribution in [0.15, 0.2) is 23.3 Å². The van der Waals surface area contributed by atoms with E-state index in [2.05, 4.69) is 26.0 Å². The van der Waals surface area contributed by atoms with E-state index in [0.717, 1.165) is 25.7 Å². The van der Waals surface area contributed by atoms with Crippen LogP contribution in [-0.2, 0) is 0 Å². The summed E-state index contributed by atoms with van der Waals surface area (Å²) in [6.07, 6.45) is 9.08. The monoisotopic (exact) mass is 332 g/mol. The molecule has 0 aromatic rings. The van der Waals surface area contributed by atoms with Gasteiger partial charge in [0, 0.05) is 11.8 Å². The van der Waals surface area contributed by atoms with E-state index in [4.69, 9.17) is 0 Å². The standard InChI is InChI=1S/C21H32O3/c1-12(22)16-6-7-17-15-5-4-13-10-14(23)11-19(24)21(13,3)18(15)8-9-20(16,17)2/h4-5,12,14,16-19,22-24H,6-11H2,1-3H3/t12?,14-,16-,17+,18+,19+,20-,21+/m1/s1. The van der Waals surface area contributed by atoms with Gasteiger partial charge < -0.3 is 15.3 Å². The van der Waals surface area contributed by atoms with E-state index in [1.807, 2.05) is 6.92 Å². The quantitative estimate of drug-likeness (QED) is 0.691. The molecular formula is C21H32O3. The lowest BCUT2D eigenvalue weighted by atomic mass is 9.49. The Hall–Kier alpha value is -0.640. The van der Waals surface area contributed by atoms with Crippen LogP contribution in [0.3, 0.4) is 0 Å². The van der Waals surface area contributed by atoms with Crippen molar-refractivity contribution >= 4 is 0 Å². The molecule has 0 aromatic carbocycles. The van der Waals surface area contributed by atoms with Crippen LogP contribution >= 0.6 is 0 Å². The number of rotatable bonds is 1. The highest BCUT2D eigenvalue weighted by Crippen LogP contribution is 2.65. The average Bonchev–Trinajstić information content (AvgIpc) is 2.86. The predicted molar refractivity (Wildman–Crippen MR) is 94.2 cm³/mol. The van der Waals surface area contributed by atoms with Crippen molar-refractivity contribution in [3.05, 3.63) is 23.3 Å². The highest BCUT2D eigenvalue weighted by Gasteiger charge is 2.58. The largest absolute Gasteiger partial charge is 0.393 e. The topological polar surface area (TPSA) is 60.7 Å². The van der Waals surface area contributed by atoms with Gasteiger partial charge in [-0.2, -0.15) is 0 Å². The summed E-state index contributed by atoms with van der Waals surface area (Å²) >= 11 is 0. The van der Waals surface area contributed by atoms with Gasteiger partial charge in [-0.3, -0.25) is 0 Å². The van der Waals surface area contributed by atoms with Gasteiger partial charge >= 0.3 is 0 Å². The molecule has 0 spiro atoms. The summed E-state index contributed by atoms with van der Waals surface area (Å²) in [5, 5.41) is 31.2. The molecule has 134 valence electrons. The maximum atomic E-state index is 10.8. The molecule has 0 heterocycles.